The molecule has 0 fully saturated rings. The molecule has 0 saturated heterocycles. The summed E-state index contributed by atoms with van der Waals surface area (Å²) in [5, 5.41) is 1.84. The van der Waals surface area contributed by atoms with Crippen LogP contribution in [0, 0.1) is 11.8 Å². The highest BCUT2D eigenvalue weighted by Gasteiger charge is 2.29. The van der Waals surface area contributed by atoms with Crippen LogP contribution in [0.2, 0.25) is 0 Å². The van der Waals surface area contributed by atoms with Crippen molar-refractivity contribution in [3.05, 3.63) is 0 Å². The number of carbonyl (C=O) groups is 1. The number of nitrogens with one attached hydrogen (secondary N) is 1. The van der Waals surface area contributed by atoms with Crippen molar-refractivity contribution in [2.45, 2.75) is 26.4 Å². The Bertz CT molecular complexity index is 204. The number of carbonyl (C=O) groups excluding carboxylic acids is 1. The average molecular weight is 226 g/mol. The standard InChI is InChI=1S/C9H17F3N2O/c1-6(2)3-7(4-13)8(15)14-5-9(10,11)12/h6-7H,3-5,13H2,1-2H3,(H,14,15). The summed E-state index contributed by atoms with van der Waals surface area (Å²) in [6.45, 7) is 2.56. The van der Waals surface area contributed by atoms with Crippen molar-refractivity contribution in [1.82, 2.24) is 5.32 Å². The van der Waals surface area contributed by atoms with Crippen molar-refractivity contribution >= 4 is 5.91 Å². The topological polar surface area (TPSA) is 55.1 Å². The summed E-state index contributed by atoms with van der Waals surface area (Å²) >= 11 is 0. The van der Waals surface area contributed by atoms with E-state index in [4.69, 9.17) is 5.73 Å². The van der Waals surface area contributed by atoms with Gasteiger partial charge in [0, 0.05) is 6.54 Å². The Labute approximate surface area is 87.2 Å². The highest BCUT2D eigenvalue weighted by atomic mass is 19.4. The van der Waals surface area contributed by atoms with Crippen LogP contribution >= 0.6 is 0 Å². The molecular formula is C9H17F3N2O. The third-order valence-electron chi connectivity index (χ3n) is 1.87. The van der Waals surface area contributed by atoms with Crippen molar-refractivity contribution in [1.29, 1.82) is 0 Å². The van der Waals surface area contributed by atoms with Crippen LogP contribution in [-0.2, 0) is 4.79 Å². The van der Waals surface area contributed by atoms with Gasteiger partial charge in [0.25, 0.3) is 0 Å². The van der Waals surface area contributed by atoms with Gasteiger partial charge in [-0.05, 0) is 12.3 Å². The van der Waals surface area contributed by atoms with Crippen molar-refractivity contribution < 1.29 is 18.0 Å². The lowest BCUT2D eigenvalue weighted by atomic mass is 9.96. The van der Waals surface area contributed by atoms with Crippen molar-refractivity contribution in [3.63, 3.8) is 0 Å². The first-order valence-corrected chi connectivity index (χ1v) is 4.80. The maximum Gasteiger partial charge on any atom is 0.405 e. The van der Waals surface area contributed by atoms with Gasteiger partial charge in [-0.25, -0.2) is 0 Å². The summed E-state index contributed by atoms with van der Waals surface area (Å²) in [4.78, 5) is 11.3. The Morgan fingerprint density at radius 1 is 1.40 bits per heavy atom. The van der Waals surface area contributed by atoms with Crippen LogP contribution in [0.15, 0.2) is 0 Å². The zero-order valence-electron chi connectivity index (χ0n) is 8.90. The van der Waals surface area contributed by atoms with E-state index in [-0.39, 0.29) is 12.5 Å². The molecule has 0 heterocycles. The Morgan fingerprint density at radius 3 is 2.27 bits per heavy atom. The minimum absolute atomic E-state index is 0.0713. The predicted octanol–water partition coefficient (Wildman–Crippen LogP) is 1.29. The molecule has 0 aromatic carbocycles. The van der Waals surface area contributed by atoms with E-state index in [1.54, 1.807) is 0 Å². The largest absolute Gasteiger partial charge is 0.405 e. The SMILES string of the molecule is CC(C)CC(CN)C(=O)NCC(F)(F)F. The van der Waals surface area contributed by atoms with Gasteiger partial charge in [-0.15, -0.1) is 0 Å². The molecule has 0 saturated carbocycles. The number of alkyl halides is 3. The lowest BCUT2D eigenvalue weighted by Gasteiger charge is -2.17. The van der Waals surface area contributed by atoms with E-state index in [1.807, 2.05) is 19.2 Å². The summed E-state index contributed by atoms with van der Waals surface area (Å²) in [5.41, 5.74) is 5.32. The van der Waals surface area contributed by atoms with Gasteiger partial charge in [-0.3, -0.25) is 4.79 Å². The second-order valence-corrected chi connectivity index (χ2v) is 3.90. The lowest BCUT2D eigenvalue weighted by molar-refractivity contribution is -0.140. The highest BCUT2D eigenvalue weighted by molar-refractivity contribution is 5.78. The van der Waals surface area contributed by atoms with Crippen LogP contribution in [0.4, 0.5) is 13.2 Å². The molecule has 1 unspecified atom stereocenters. The molecule has 0 aliphatic rings. The third kappa shape index (κ3) is 7.18. The molecule has 6 heteroatoms. The molecule has 0 aromatic rings. The van der Waals surface area contributed by atoms with E-state index in [2.05, 4.69) is 0 Å². The summed E-state index contributed by atoms with van der Waals surface area (Å²) in [6, 6.07) is 0. The molecule has 1 atom stereocenters. The van der Waals surface area contributed by atoms with E-state index in [9.17, 15) is 18.0 Å². The van der Waals surface area contributed by atoms with Gasteiger partial charge < -0.3 is 11.1 Å². The van der Waals surface area contributed by atoms with Crippen LogP contribution < -0.4 is 11.1 Å². The Morgan fingerprint density at radius 2 is 1.93 bits per heavy atom. The van der Waals surface area contributed by atoms with Gasteiger partial charge in [-0.2, -0.15) is 13.2 Å². The average Bonchev–Trinajstić information content (AvgIpc) is 2.08. The third-order valence-corrected chi connectivity index (χ3v) is 1.87. The first kappa shape index (κ1) is 14.2. The molecule has 0 aromatic heterocycles. The van der Waals surface area contributed by atoms with Crippen LogP contribution in [0.5, 0.6) is 0 Å². The second-order valence-electron chi connectivity index (χ2n) is 3.90. The minimum Gasteiger partial charge on any atom is -0.347 e. The molecule has 0 aliphatic carbocycles. The molecule has 0 radical (unpaired) electrons. The fraction of sp³-hybridized carbons (Fsp3) is 0.889. The van der Waals surface area contributed by atoms with Crippen molar-refractivity contribution in [3.8, 4) is 0 Å². The Hall–Kier alpha value is -0.780. The molecule has 0 spiro atoms. The lowest BCUT2D eigenvalue weighted by Crippen LogP contribution is -2.40. The van der Waals surface area contributed by atoms with E-state index in [0.717, 1.165) is 0 Å². The van der Waals surface area contributed by atoms with Crippen molar-refractivity contribution in [2.24, 2.45) is 17.6 Å². The van der Waals surface area contributed by atoms with E-state index >= 15 is 0 Å². The van der Waals surface area contributed by atoms with E-state index < -0.39 is 24.5 Å². The van der Waals surface area contributed by atoms with E-state index in [1.165, 1.54) is 0 Å². The maximum atomic E-state index is 11.8. The van der Waals surface area contributed by atoms with Gasteiger partial charge in [0.1, 0.15) is 6.54 Å². The fourth-order valence-corrected chi connectivity index (χ4v) is 1.21. The maximum absolute atomic E-state index is 11.8. The van der Waals surface area contributed by atoms with Crippen LogP contribution in [0.3, 0.4) is 0 Å². The number of hydrogen-bond donors (Lipinski definition) is 2. The summed E-state index contributed by atoms with van der Waals surface area (Å²) in [5.74, 6) is -0.925. The fourth-order valence-electron chi connectivity index (χ4n) is 1.21. The van der Waals surface area contributed by atoms with Gasteiger partial charge in [0.2, 0.25) is 5.91 Å². The first-order chi connectivity index (χ1) is 6.76. The molecule has 1 amide bonds. The number of amides is 1. The summed E-state index contributed by atoms with van der Waals surface area (Å²) in [7, 11) is 0. The predicted molar refractivity (Wildman–Crippen MR) is 51.1 cm³/mol. The van der Waals surface area contributed by atoms with Gasteiger partial charge >= 0.3 is 6.18 Å². The highest BCUT2D eigenvalue weighted by Crippen LogP contribution is 2.14. The van der Waals surface area contributed by atoms with Gasteiger partial charge in [0.05, 0.1) is 5.92 Å². The van der Waals surface area contributed by atoms with Gasteiger partial charge in [0.15, 0.2) is 0 Å². The molecule has 3 N–H and O–H groups in total. The molecule has 0 bridgehead atoms. The summed E-state index contributed by atoms with van der Waals surface area (Å²) in [6.07, 6.45) is -3.87. The molecule has 3 nitrogen and oxygen atoms in total. The van der Waals surface area contributed by atoms with Crippen LogP contribution in [0.1, 0.15) is 20.3 Å². The van der Waals surface area contributed by atoms with Gasteiger partial charge in [-0.1, -0.05) is 13.8 Å². The molecule has 0 rings (SSSR count). The number of rotatable bonds is 5. The minimum atomic E-state index is -4.37. The molecular weight excluding hydrogens is 209 g/mol. The normalized spacial score (nSPS) is 14.1. The Balaban J connectivity index is 4.05. The number of halogens is 3. The summed E-state index contributed by atoms with van der Waals surface area (Å²) < 4.78 is 35.4. The molecule has 0 aliphatic heterocycles. The quantitative estimate of drug-likeness (QED) is 0.742. The number of nitrogens with two attached hydrogens (primary N) is 1. The van der Waals surface area contributed by atoms with Crippen LogP contribution in [0.25, 0.3) is 0 Å². The zero-order valence-corrected chi connectivity index (χ0v) is 8.90. The molecule has 15 heavy (non-hydrogen) atoms. The first-order valence-electron chi connectivity index (χ1n) is 4.80. The zero-order chi connectivity index (χ0) is 12.1. The number of hydrogen-bond acceptors (Lipinski definition) is 2. The van der Waals surface area contributed by atoms with E-state index in [0.29, 0.717) is 6.42 Å². The van der Waals surface area contributed by atoms with Crippen molar-refractivity contribution in [2.75, 3.05) is 13.1 Å². The second kappa shape index (κ2) is 5.95. The monoisotopic (exact) mass is 226 g/mol. The molecule has 90 valence electrons. The Kier molecular flexibility index (Phi) is 5.64. The smallest absolute Gasteiger partial charge is 0.347 e. The van der Waals surface area contributed by atoms with Crippen LogP contribution in [-0.4, -0.2) is 25.2 Å².